The molecule has 2 N–H and O–H groups in total. The van der Waals surface area contributed by atoms with Crippen molar-refractivity contribution in [3.8, 4) is 6.07 Å². The first kappa shape index (κ1) is 12.2. The van der Waals surface area contributed by atoms with Crippen LogP contribution < -0.4 is 10.6 Å². The Kier molecular flexibility index (Phi) is 2.64. The zero-order valence-electron chi connectivity index (χ0n) is 10.3. The first-order valence-electron chi connectivity index (χ1n) is 6.23. The van der Waals surface area contributed by atoms with Crippen LogP contribution >= 0.6 is 11.6 Å². The van der Waals surface area contributed by atoms with E-state index in [4.69, 9.17) is 17.3 Å². The van der Waals surface area contributed by atoms with Gasteiger partial charge in [0.2, 0.25) is 5.91 Å². The van der Waals surface area contributed by atoms with Crippen molar-refractivity contribution in [2.24, 2.45) is 11.3 Å². The molecule has 1 saturated carbocycles. The Balaban J connectivity index is 1.98. The van der Waals surface area contributed by atoms with Gasteiger partial charge in [0.15, 0.2) is 0 Å². The molecule has 1 saturated heterocycles. The van der Waals surface area contributed by atoms with Crippen LogP contribution in [0, 0.1) is 22.7 Å². The van der Waals surface area contributed by atoms with Crippen LogP contribution in [0.4, 0.5) is 11.5 Å². The first-order valence-corrected chi connectivity index (χ1v) is 6.60. The second kappa shape index (κ2) is 4.10. The van der Waals surface area contributed by atoms with Gasteiger partial charge in [0, 0.05) is 12.6 Å². The van der Waals surface area contributed by atoms with Crippen LogP contribution in [0.1, 0.15) is 19.3 Å². The number of carbonyl (C=O) groups is 1. The molecule has 6 heteroatoms. The van der Waals surface area contributed by atoms with E-state index in [0.717, 1.165) is 12.8 Å². The van der Waals surface area contributed by atoms with Crippen LogP contribution in [0.25, 0.3) is 0 Å². The monoisotopic (exact) mass is 276 g/mol. The summed E-state index contributed by atoms with van der Waals surface area (Å²) in [7, 11) is 0. The molecule has 2 heterocycles. The number of nitrogen functional groups attached to an aromatic ring is 1. The van der Waals surface area contributed by atoms with Crippen LogP contribution in [-0.2, 0) is 4.79 Å². The van der Waals surface area contributed by atoms with Gasteiger partial charge in [0.25, 0.3) is 0 Å². The molecular weight excluding hydrogens is 264 g/mol. The van der Waals surface area contributed by atoms with Gasteiger partial charge in [0.05, 0.1) is 23.0 Å². The Bertz CT molecular complexity index is 593. The van der Waals surface area contributed by atoms with Crippen LogP contribution in [0.3, 0.4) is 0 Å². The third kappa shape index (κ3) is 1.75. The Labute approximate surface area is 116 Å². The highest BCUT2D eigenvalue weighted by Crippen LogP contribution is 2.52. The summed E-state index contributed by atoms with van der Waals surface area (Å²) in [6, 6.07) is 3.83. The Morgan fingerprint density at radius 1 is 1.58 bits per heavy atom. The van der Waals surface area contributed by atoms with Crippen molar-refractivity contribution >= 4 is 29.0 Å². The van der Waals surface area contributed by atoms with Crippen LogP contribution in [0.5, 0.6) is 0 Å². The molecule has 0 bridgehead atoms. The third-order valence-corrected chi connectivity index (χ3v) is 4.27. The molecule has 1 atom stereocenters. The molecule has 0 aromatic carbocycles. The van der Waals surface area contributed by atoms with Gasteiger partial charge >= 0.3 is 0 Å². The summed E-state index contributed by atoms with van der Waals surface area (Å²) in [6.07, 6.45) is 3.91. The molecule has 1 aliphatic carbocycles. The lowest BCUT2D eigenvalue weighted by molar-refractivity contribution is -0.123. The van der Waals surface area contributed by atoms with Crippen LogP contribution in [-0.4, -0.2) is 17.4 Å². The van der Waals surface area contributed by atoms with E-state index in [2.05, 4.69) is 11.1 Å². The van der Waals surface area contributed by atoms with Crippen molar-refractivity contribution in [3.05, 3.63) is 17.3 Å². The topological polar surface area (TPSA) is 83.0 Å². The molecule has 98 valence electrons. The largest absolute Gasteiger partial charge is 0.384 e. The Hall–Kier alpha value is -1.80. The maximum Gasteiger partial charge on any atom is 0.247 e. The smallest absolute Gasteiger partial charge is 0.247 e. The fourth-order valence-electron chi connectivity index (χ4n) is 2.77. The zero-order chi connectivity index (χ0) is 13.6. The molecule has 0 unspecified atom stereocenters. The summed E-state index contributed by atoms with van der Waals surface area (Å²) in [6.45, 7) is 0.506. The highest BCUT2D eigenvalue weighted by molar-refractivity contribution is 6.34. The average Bonchev–Trinajstić information content (AvgIpc) is 3.19. The summed E-state index contributed by atoms with van der Waals surface area (Å²) in [5.41, 5.74) is 5.33. The molecule has 5 nitrogen and oxygen atoms in total. The number of aromatic nitrogens is 1. The maximum atomic E-state index is 12.6. The number of nitrogens with zero attached hydrogens (tertiary/aromatic N) is 3. The number of hydrogen-bond donors (Lipinski definition) is 1. The Morgan fingerprint density at radius 2 is 2.32 bits per heavy atom. The molecule has 0 spiro atoms. The number of pyridine rings is 1. The minimum atomic E-state index is -0.860. The van der Waals surface area contributed by atoms with Gasteiger partial charge in [-0.25, -0.2) is 4.98 Å². The summed E-state index contributed by atoms with van der Waals surface area (Å²) in [4.78, 5) is 18.0. The van der Waals surface area contributed by atoms with E-state index < -0.39 is 5.41 Å². The number of halogens is 1. The fourth-order valence-corrected chi connectivity index (χ4v) is 2.97. The quantitative estimate of drug-likeness (QED) is 0.895. The number of carbonyl (C=O) groups excluding carboxylic acids is 1. The normalized spacial score (nSPS) is 26.5. The van der Waals surface area contributed by atoms with Crippen molar-refractivity contribution in [1.29, 1.82) is 5.26 Å². The molecule has 2 fully saturated rings. The SMILES string of the molecule is N#C[C@@]1(C2CC2)CCN(c2cc(N)ncc2Cl)C1=O. The van der Waals surface area contributed by atoms with E-state index in [1.165, 1.54) is 6.20 Å². The molecule has 0 radical (unpaired) electrons. The lowest BCUT2D eigenvalue weighted by Gasteiger charge is -2.21. The minimum Gasteiger partial charge on any atom is -0.384 e. The van der Waals surface area contributed by atoms with E-state index in [1.54, 1.807) is 11.0 Å². The highest BCUT2D eigenvalue weighted by Gasteiger charge is 2.56. The van der Waals surface area contributed by atoms with Gasteiger partial charge in [-0.15, -0.1) is 0 Å². The number of anilines is 2. The third-order valence-electron chi connectivity index (χ3n) is 3.98. The number of nitriles is 1. The lowest BCUT2D eigenvalue weighted by Crippen LogP contribution is -2.35. The van der Waals surface area contributed by atoms with Crippen molar-refractivity contribution < 1.29 is 4.79 Å². The minimum absolute atomic E-state index is 0.148. The second-order valence-corrected chi connectivity index (χ2v) is 5.53. The zero-order valence-corrected chi connectivity index (χ0v) is 11.0. The van der Waals surface area contributed by atoms with Gasteiger partial charge in [-0.05, 0) is 25.2 Å². The molecular formula is C13H13ClN4O. The molecule has 1 aromatic rings. The predicted octanol–water partition coefficient (Wildman–Crippen LogP) is 1.97. The Morgan fingerprint density at radius 3 is 2.95 bits per heavy atom. The number of hydrogen-bond acceptors (Lipinski definition) is 4. The first-order chi connectivity index (χ1) is 9.08. The van der Waals surface area contributed by atoms with Crippen LogP contribution in [0.2, 0.25) is 5.02 Å². The highest BCUT2D eigenvalue weighted by atomic mass is 35.5. The van der Waals surface area contributed by atoms with Crippen molar-refractivity contribution in [1.82, 2.24) is 4.98 Å². The molecule has 1 amide bonds. The summed E-state index contributed by atoms with van der Waals surface area (Å²) < 4.78 is 0. The summed E-state index contributed by atoms with van der Waals surface area (Å²) in [5.74, 6) is 0.367. The van der Waals surface area contributed by atoms with E-state index in [0.29, 0.717) is 29.5 Å². The van der Waals surface area contributed by atoms with E-state index in [9.17, 15) is 10.1 Å². The van der Waals surface area contributed by atoms with Crippen molar-refractivity contribution in [2.45, 2.75) is 19.3 Å². The summed E-state index contributed by atoms with van der Waals surface area (Å²) in [5, 5.41) is 9.80. The number of rotatable bonds is 2. The van der Waals surface area contributed by atoms with Gasteiger partial charge in [-0.1, -0.05) is 11.6 Å². The average molecular weight is 277 g/mol. The molecule has 3 rings (SSSR count). The van der Waals surface area contributed by atoms with Gasteiger partial charge in [-0.2, -0.15) is 5.26 Å². The van der Waals surface area contributed by atoms with Gasteiger partial charge < -0.3 is 10.6 Å². The molecule has 1 aliphatic heterocycles. The summed E-state index contributed by atoms with van der Waals surface area (Å²) >= 11 is 6.08. The van der Waals surface area contributed by atoms with Crippen LogP contribution in [0.15, 0.2) is 12.3 Å². The molecule has 2 aliphatic rings. The van der Waals surface area contributed by atoms with Crippen molar-refractivity contribution in [2.75, 3.05) is 17.2 Å². The fraction of sp³-hybridized carbons (Fsp3) is 0.462. The van der Waals surface area contributed by atoms with Crippen molar-refractivity contribution in [3.63, 3.8) is 0 Å². The standard InChI is InChI=1S/C13H13ClN4O/c14-9-6-17-11(16)5-10(9)18-4-3-13(7-15,12(18)19)8-1-2-8/h5-6,8H,1-4H2,(H2,16,17)/t13-/m1/s1. The lowest BCUT2D eigenvalue weighted by atomic mass is 9.83. The van der Waals surface area contributed by atoms with Gasteiger partial charge in [-0.3, -0.25) is 4.79 Å². The van der Waals surface area contributed by atoms with E-state index in [1.807, 2.05) is 0 Å². The molecule has 19 heavy (non-hydrogen) atoms. The molecule has 1 aromatic heterocycles. The number of nitrogens with two attached hydrogens (primary N) is 1. The van der Waals surface area contributed by atoms with Gasteiger partial charge in [0.1, 0.15) is 11.2 Å². The van der Waals surface area contributed by atoms with E-state index >= 15 is 0 Å². The number of amides is 1. The second-order valence-electron chi connectivity index (χ2n) is 5.12. The predicted molar refractivity (Wildman–Crippen MR) is 71.4 cm³/mol. The maximum absolute atomic E-state index is 12.6. The van der Waals surface area contributed by atoms with E-state index in [-0.39, 0.29) is 11.8 Å².